The number of nitrogens with zero attached hydrogens (tertiary/aromatic N) is 3. The second-order valence-corrected chi connectivity index (χ2v) is 9.70. The van der Waals surface area contributed by atoms with Gasteiger partial charge in [0.15, 0.2) is 11.6 Å². The van der Waals surface area contributed by atoms with Crippen LogP contribution >= 0.6 is 0 Å². The van der Waals surface area contributed by atoms with E-state index in [0.717, 1.165) is 18.0 Å². The van der Waals surface area contributed by atoms with Crippen molar-refractivity contribution < 1.29 is 31.1 Å². The average molecular weight is 551 g/mol. The predicted molar refractivity (Wildman–Crippen MR) is 131 cm³/mol. The number of anilines is 1. The van der Waals surface area contributed by atoms with Gasteiger partial charge in [-0.1, -0.05) is 0 Å². The minimum absolute atomic E-state index is 0.159. The Bertz CT molecular complexity index is 1540. The Morgan fingerprint density at radius 1 is 1.08 bits per heavy atom. The summed E-state index contributed by atoms with van der Waals surface area (Å²) in [5.74, 6) is -3.98. The topological polar surface area (TPSA) is 87.6 Å². The summed E-state index contributed by atoms with van der Waals surface area (Å²) in [6, 6.07) is 2.79. The van der Waals surface area contributed by atoms with Gasteiger partial charge in [-0.15, -0.1) is 0 Å². The van der Waals surface area contributed by atoms with Crippen LogP contribution in [0, 0.1) is 24.4 Å². The third-order valence-electron chi connectivity index (χ3n) is 6.94. The number of benzene rings is 1. The number of hydrogen-bond donors (Lipinski definition) is 3. The van der Waals surface area contributed by atoms with E-state index in [1.54, 1.807) is 17.8 Å². The summed E-state index contributed by atoms with van der Waals surface area (Å²) in [6.45, 7) is 1.81. The van der Waals surface area contributed by atoms with E-state index < -0.39 is 46.7 Å². The summed E-state index contributed by atoms with van der Waals surface area (Å²) in [5.41, 5.74) is -1.41. The van der Waals surface area contributed by atoms with Crippen LogP contribution in [0.15, 0.2) is 30.5 Å². The van der Waals surface area contributed by atoms with Crippen molar-refractivity contribution in [2.24, 2.45) is 7.05 Å². The molecule has 39 heavy (non-hydrogen) atoms. The molecule has 0 unspecified atom stereocenters. The molecule has 0 bridgehead atoms. The second-order valence-electron chi connectivity index (χ2n) is 9.70. The molecule has 206 valence electrons. The molecule has 1 fully saturated rings. The second kappa shape index (κ2) is 9.93. The Morgan fingerprint density at radius 2 is 1.82 bits per heavy atom. The van der Waals surface area contributed by atoms with E-state index in [0.29, 0.717) is 37.8 Å². The highest BCUT2D eigenvalue weighted by molar-refractivity contribution is 5.96. The molecular weight excluding hydrogens is 526 g/mol. The monoisotopic (exact) mass is 550 g/mol. The number of pyridine rings is 1. The van der Waals surface area contributed by atoms with Crippen molar-refractivity contribution in [3.05, 3.63) is 64.9 Å². The maximum atomic E-state index is 14.9. The van der Waals surface area contributed by atoms with Crippen LogP contribution in [0.3, 0.4) is 0 Å². The fourth-order valence-corrected chi connectivity index (χ4v) is 4.94. The molecule has 1 aromatic carbocycles. The predicted octanol–water partition coefficient (Wildman–Crippen LogP) is 5.86. The number of carbonyl (C=O) groups excluding carboxylic acids is 1. The van der Waals surface area contributed by atoms with Gasteiger partial charge in [0.1, 0.15) is 17.3 Å². The van der Waals surface area contributed by atoms with Crippen molar-refractivity contribution >= 4 is 22.6 Å². The van der Waals surface area contributed by atoms with E-state index in [2.05, 4.69) is 25.7 Å². The molecule has 13 heteroatoms. The Kier molecular flexibility index (Phi) is 6.77. The van der Waals surface area contributed by atoms with Gasteiger partial charge in [0, 0.05) is 48.0 Å². The summed E-state index contributed by atoms with van der Waals surface area (Å²) in [7, 11) is 1.72. The zero-order chi connectivity index (χ0) is 28.1. The van der Waals surface area contributed by atoms with Crippen LogP contribution in [0.1, 0.15) is 47.4 Å². The summed E-state index contributed by atoms with van der Waals surface area (Å²) in [5, 5.41) is 9.78. The molecular formula is C26H24F6N6O. The first-order chi connectivity index (χ1) is 18.4. The number of nitrogens with one attached hydrogen (secondary N) is 3. The Morgan fingerprint density at radius 3 is 2.51 bits per heavy atom. The van der Waals surface area contributed by atoms with E-state index in [-0.39, 0.29) is 34.1 Å². The third kappa shape index (κ3) is 5.30. The standard InChI is InChI=1S/C26H24F6N6O/c1-12-6-21(37-38(12)2)25(39)35-15-5-3-4-14(9-15)34-24-20(29)10-18(26(30,31)32)22(36-24)17-11-33-23-16(17)7-13(27)8-19(23)28/h6-8,10-11,14-15,33H,3-5,9H2,1-2H3,(H,34,36)(H,35,39)/t14-,15+/m1/s1. The van der Waals surface area contributed by atoms with Gasteiger partial charge in [0.25, 0.3) is 5.91 Å². The first-order valence-electron chi connectivity index (χ1n) is 12.2. The summed E-state index contributed by atoms with van der Waals surface area (Å²) in [4.78, 5) is 19.1. The lowest BCUT2D eigenvalue weighted by atomic mass is 9.90. The minimum atomic E-state index is -4.98. The molecule has 0 spiro atoms. The molecule has 0 aliphatic heterocycles. The van der Waals surface area contributed by atoms with Crippen molar-refractivity contribution in [1.29, 1.82) is 0 Å². The molecule has 3 aromatic heterocycles. The molecule has 4 aromatic rings. The quantitative estimate of drug-likeness (QED) is 0.272. The number of H-pyrrole nitrogens is 1. The summed E-state index contributed by atoms with van der Waals surface area (Å²) < 4.78 is 86.2. The van der Waals surface area contributed by atoms with Crippen LogP contribution in [0.5, 0.6) is 0 Å². The molecule has 0 radical (unpaired) electrons. The summed E-state index contributed by atoms with van der Waals surface area (Å²) in [6.07, 6.45) is -1.63. The number of fused-ring (bicyclic) bond motifs is 1. The Labute approximate surface area is 218 Å². The Hall–Kier alpha value is -4.03. The number of alkyl halides is 3. The van der Waals surface area contributed by atoms with Crippen molar-refractivity contribution in [2.45, 2.75) is 50.9 Å². The molecule has 0 saturated heterocycles. The molecule has 1 aliphatic rings. The van der Waals surface area contributed by atoms with E-state index in [1.807, 2.05) is 6.92 Å². The highest BCUT2D eigenvalue weighted by atomic mass is 19.4. The van der Waals surface area contributed by atoms with Crippen molar-refractivity contribution in [3.63, 3.8) is 0 Å². The number of rotatable bonds is 5. The number of carbonyl (C=O) groups is 1. The van der Waals surface area contributed by atoms with Gasteiger partial charge in [-0.05, 0) is 50.8 Å². The van der Waals surface area contributed by atoms with Crippen LogP contribution in [0.4, 0.5) is 32.2 Å². The number of halogens is 6. The number of aromatic nitrogens is 4. The maximum Gasteiger partial charge on any atom is 0.418 e. The average Bonchev–Trinajstić information content (AvgIpc) is 3.43. The van der Waals surface area contributed by atoms with Gasteiger partial charge in [-0.2, -0.15) is 18.3 Å². The van der Waals surface area contributed by atoms with E-state index in [9.17, 15) is 31.1 Å². The molecule has 3 N–H and O–H groups in total. The lowest BCUT2D eigenvalue weighted by Gasteiger charge is -2.30. The lowest BCUT2D eigenvalue weighted by molar-refractivity contribution is -0.137. The van der Waals surface area contributed by atoms with Gasteiger partial charge < -0.3 is 15.6 Å². The number of hydrogen-bond acceptors (Lipinski definition) is 4. The van der Waals surface area contributed by atoms with Crippen LogP contribution in [-0.2, 0) is 13.2 Å². The fraction of sp³-hybridized carbons (Fsp3) is 0.346. The number of aryl methyl sites for hydroxylation is 2. The third-order valence-corrected chi connectivity index (χ3v) is 6.94. The van der Waals surface area contributed by atoms with Gasteiger partial charge in [-0.25, -0.2) is 18.2 Å². The molecule has 1 saturated carbocycles. The SMILES string of the molecule is Cc1cc(C(=O)N[C@H]2CCC[C@@H](Nc3nc(-c4c[nH]c5c(F)cc(F)cc45)c(C(F)(F)F)cc3F)C2)nn1C. The molecule has 1 amide bonds. The van der Waals surface area contributed by atoms with Gasteiger partial charge >= 0.3 is 6.18 Å². The normalized spacial score (nSPS) is 17.9. The first kappa shape index (κ1) is 26.6. The zero-order valence-corrected chi connectivity index (χ0v) is 20.9. The van der Waals surface area contributed by atoms with Gasteiger partial charge in [0.05, 0.1) is 16.8 Å². The molecule has 2 atom stereocenters. The molecule has 5 rings (SSSR count). The van der Waals surface area contributed by atoms with Gasteiger partial charge in [-0.3, -0.25) is 9.48 Å². The van der Waals surface area contributed by atoms with Crippen LogP contribution < -0.4 is 10.6 Å². The highest BCUT2D eigenvalue weighted by Gasteiger charge is 2.37. The summed E-state index contributed by atoms with van der Waals surface area (Å²) >= 11 is 0. The molecule has 3 heterocycles. The first-order valence-corrected chi connectivity index (χ1v) is 12.2. The zero-order valence-electron chi connectivity index (χ0n) is 20.9. The largest absolute Gasteiger partial charge is 0.418 e. The van der Waals surface area contributed by atoms with E-state index >= 15 is 0 Å². The maximum absolute atomic E-state index is 14.9. The smallest absolute Gasteiger partial charge is 0.365 e. The van der Waals surface area contributed by atoms with E-state index in [4.69, 9.17) is 0 Å². The minimum Gasteiger partial charge on any atom is -0.365 e. The molecule has 1 aliphatic carbocycles. The van der Waals surface area contributed by atoms with Crippen LogP contribution in [-0.4, -0.2) is 37.7 Å². The highest BCUT2D eigenvalue weighted by Crippen LogP contribution is 2.41. The van der Waals surface area contributed by atoms with Crippen LogP contribution in [0.25, 0.3) is 22.2 Å². The number of amides is 1. The van der Waals surface area contributed by atoms with Crippen molar-refractivity contribution in [3.8, 4) is 11.3 Å². The number of aromatic amines is 1. The van der Waals surface area contributed by atoms with Gasteiger partial charge in [0.2, 0.25) is 0 Å². The lowest BCUT2D eigenvalue weighted by Crippen LogP contribution is -2.42. The van der Waals surface area contributed by atoms with Crippen molar-refractivity contribution in [2.75, 3.05) is 5.32 Å². The molecule has 7 nitrogen and oxygen atoms in total. The van der Waals surface area contributed by atoms with E-state index in [1.165, 1.54) is 0 Å². The van der Waals surface area contributed by atoms with Crippen molar-refractivity contribution in [1.82, 2.24) is 25.1 Å². The fourth-order valence-electron chi connectivity index (χ4n) is 4.94. The van der Waals surface area contributed by atoms with Crippen LogP contribution in [0.2, 0.25) is 0 Å². The Balaban J connectivity index is 1.43.